The third kappa shape index (κ3) is 3.83. The molecule has 0 spiro atoms. The lowest BCUT2D eigenvalue weighted by Crippen LogP contribution is -1.95. The highest BCUT2D eigenvalue weighted by Gasteiger charge is 2.10. The molecule has 0 radical (unpaired) electrons. The van der Waals surface area contributed by atoms with Crippen LogP contribution in [0.25, 0.3) is 44.3 Å². The minimum atomic E-state index is 0.744. The topological polar surface area (TPSA) is 51.6 Å². The van der Waals surface area contributed by atoms with Crippen molar-refractivity contribution in [3.63, 3.8) is 0 Å². The maximum absolute atomic E-state index is 4.83. The summed E-state index contributed by atoms with van der Waals surface area (Å²) in [7, 11) is 0. The minimum Gasteiger partial charge on any atom is -0.261 e. The first kappa shape index (κ1) is 19.3. The highest BCUT2D eigenvalue weighted by molar-refractivity contribution is 5.90. The molecule has 4 aromatic carbocycles. The second kappa shape index (κ2) is 8.24. The van der Waals surface area contributed by atoms with Crippen LogP contribution in [0.1, 0.15) is 11.1 Å². The highest BCUT2D eigenvalue weighted by Crippen LogP contribution is 2.29. The summed E-state index contributed by atoms with van der Waals surface area (Å²) in [4.78, 5) is 18.1. The normalized spacial score (nSPS) is 11.2. The largest absolute Gasteiger partial charge is 0.261 e. The smallest absolute Gasteiger partial charge is 0.159 e. The van der Waals surface area contributed by atoms with Gasteiger partial charge in [0.2, 0.25) is 0 Å². The summed E-state index contributed by atoms with van der Waals surface area (Å²) in [6.45, 7) is 0. The van der Waals surface area contributed by atoms with Gasteiger partial charge in [0, 0.05) is 35.1 Å². The van der Waals surface area contributed by atoms with Crippen molar-refractivity contribution >= 4 is 21.7 Å². The predicted molar refractivity (Wildman–Crippen MR) is 133 cm³/mol. The zero-order valence-corrected chi connectivity index (χ0v) is 17.9. The maximum atomic E-state index is 4.83. The van der Waals surface area contributed by atoms with E-state index in [1.165, 1.54) is 21.9 Å². The van der Waals surface area contributed by atoms with Gasteiger partial charge in [-0.2, -0.15) is 0 Å². The fourth-order valence-corrected chi connectivity index (χ4v) is 4.29. The fraction of sp³-hybridized carbons (Fsp3) is 0.0345. The SMILES string of the molecule is c1cc(Cc2cc(-c3ncc4ccccc4n3)cc3ccccc23)cc(-c2cnccn2)c1. The van der Waals surface area contributed by atoms with Crippen LogP contribution in [0.5, 0.6) is 0 Å². The maximum Gasteiger partial charge on any atom is 0.159 e. The van der Waals surface area contributed by atoms with Crippen molar-refractivity contribution in [2.24, 2.45) is 0 Å². The van der Waals surface area contributed by atoms with Gasteiger partial charge >= 0.3 is 0 Å². The summed E-state index contributed by atoms with van der Waals surface area (Å²) >= 11 is 0. The number of hydrogen-bond acceptors (Lipinski definition) is 4. The van der Waals surface area contributed by atoms with Crippen LogP contribution in [-0.2, 0) is 6.42 Å². The van der Waals surface area contributed by atoms with Gasteiger partial charge < -0.3 is 0 Å². The predicted octanol–water partition coefficient (Wildman–Crippen LogP) is 6.50. The van der Waals surface area contributed by atoms with Crippen molar-refractivity contribution < 1.29 is 0 Å². The van der Waals surface area contributed by atoms with Crippen molar-refractivity contribution in [2.75, 3.05) is 0 Å². The van der Waals surface area contributed by atoms with Crippen molar-refractivity contribution in [1.82, 2.24) is 19.9 Å². The fourth-order valence-electron chi connectivity index (χ4n) is 4.29. The Kier molecular flexibility index (Phi) is 4.81. The number of hydrogen-bond donors (Lipinski definition) is 0. The molecule has 0 unspecified atom stereocenters. The molecule has 6 rings (SSSR count). The summed E-state index contributed by atoms with van der Waals surface area (Å²) in [5, 5.41) is 3.47. The van der Waals surface area contributed by atoms with Gasteiger partial charge in [0.05, 0.1) is 17.4 Å². The van der Waals surface area contributed by atoms with E-state index in [-0.39, 0.29) is 0 Å². The molecule has 0 aliphatic heterocycles. The molecule has 156 valence electrons. The van der Waals surface area contributed by atoms with Crippen LogP contribution in [-0.4, -0.2) is 19.9 Å². The van der Waals surface area contributed by atoms with Gasteiger partial charge in [-0.05, 0) is 52.6 Å². The molecule has 0 N–H and O–H groups in total. The molecule has 0 amide bonds. The molecule has 0 bridgehead atoms. The number of benzene rings is 4. The molecular weight excluding hydrogens is 404 g/mol. The third-order valence-corrected chi connectivity index (χ3v) is 5.88. The molecule has 4 heteroatoms. The van der Waals surface area contributed by atoms with E-state index in [4.69, 9.17) is 4.98 Å². The first-order valence-corrected chi connectivity index (χ1v) is 10.9. The van der Waals surface area contributed by atoms with Gasteiger partial charge in [0.15, 0.2) is 5.82 Å². The molecule has 0 saturated heterocycles. The first-order valence-electron chi connectivity index (χ1n) is 10.9. The molecule has 2 aromatic heterocycles. The lowest BCUT2D eigenvalue weighted by atomic mass is 9.94. The Morgan fingerprint density at radius 2 is 1.52 bits per heavy atom. The van der Waals surface area contributed by atoms with E-state index in [0.717, 1.165) is 40.0 Å². The van der Waals surface area contributed by atoms with Crippen molar-refractivity contribution in [3.05, 3.63) is 121 Å². The number of nitrogens with zero attached hydrogens (tertiary/aromatic N) is 4. The number of fused-ring (bicyclic) bond motifs is 2. The Bertz CT molecular complexity index is 1590. The molecule has 0 aliphatic carbocycles. The number of rotatable bonds is 4. The highest BCUT2D eigenvalue weighted by atomic mass is 14.9. The molecule has 0 saturated carbocycles. The van der Waals surface area contributed by atoms with Gasteiger partial charge in [-0.25, -0.2) is 9.97 Å². The molecule has 0 fully saturated rings. The van der Waals surface area contributed by atoms with E-state index in [2.05, 4.69) is 75.6 Å². The van der Waals surface area contributed by atoms with Crippen LogP contribution in [0, 0.1) is 0 Å². The molecule has 33 heavy (non-hydrogen) atoms. The quantitative estimate of drug-likeness (QED) is 0.324. The summed E-state index contributed by atoms with van der Waals surface area (Å²) < 4.78 is 0. The summed E-state index contributed by atoms with van der Waals surface area (Å²) in [6.07, 6.45) is 7.92. The van der Waals surface area contributed by atoms with Crippen LogP contribution in [0.15, 0.2) is 110 Å². The van der Waals surface area contributed by atoms with E-state index >= 15 is 0 Å². The Morgan fingerprint density at radius 1 is 0.636 bits per heavy atom. The lowest BCUT2D eigenvalue weighted by molar-refractivity contribution is 1.18. The average Bonchev–Trinajstić information content (AvgIpc) is 2.89. The summed E-state index contributed by atoms with van der Waals surface area (Å²) in [5.41, 5.74) is 6.39. The van der Waals surface area contributed by atoms with Crippen LogP contribution in [0.3, 0.4) is 0 Å². The van der Waals surface area contributed by atoms with Gasteiger partial charge in [0.1, 0.15) is 0 Å². The summed E-state index contributed by atoms with van der Waals surface area (Å²) in [5.74, 6) is 0.744. The van der Waals surface area contributed by atoms with Crippen molar-refractivity contribution in [1.29, 1.82) is 0 Å². The monoisotopic (exact) mass is 424 g/mol. The van der Waals surface area contributed by atoms with Crippen LogP contribution < -0.4 is 0 Å². The van der Waals surface area contributed by atoms with Crippen LogP contribution in [0.2, 0.25) is 0 Å². The van der Waals surface area contributed by atoms with E-state index in [9.17, 15) is 0 Å². The summed E-state index contributed by atoms with van der Waals surface area (Å²) in [6, 6.07) is 29.5. The van der Waals surface area contributed by atoms with Crippen molar-refractivity contribution in [3.8, 4) is 22.6 Å². The molecule has 0 aliphatic rings. The van der Waals surface area contributed by atoms with Crippen LogP contribution in [0.4, 0.5) is 0 Å². The zero-order valence-electron chi connectivity index (χ0n) is 17.9. The molecule has 2 heterocycles. The van der Waals surface area contributed by atoms with E-state index in [1.54, 1.807) is 18.6 Å². The zero-order chi connectivity index (χ0) is 22.0. The lowest BCUT2D eigenvalue weighted by Gasteiger charge is -2.11. The van der Waals surface area contributed by atoms with Crippen molar-refractivity contribution in [2.45, 2.75) is 6.42 Å². The van der Waals surface area contributed by atoms with E-state index in [1.807, 2.05) is 30.5 Å². The first-order chi connectivity index (χ1) is 16.3. The average molecular weight is 425 g/mol. The second-order valence-corrected chi connectivity index (χ2v) is 8.08. The Balaban J connectivity index is 1.44. The second-order valence-electron chi connectivity index (χ2n) is 8.08. The van der Waals surface area contributed by atoms with Gasteiger partial charge in [-0.15, -0.1) is 0 Å². The minimum absolute atomic E-state index is 0.744. The van der Waals surface area contributed by atoms with Gasteiger partial charge in [0.25, 0.3) is 0 Å². The molecular formula is C29H20N4. The number of aromatic nitrogens is 4. The van der Waals surface area contributed by atoms with E-state index < -0.39 is 0 Å². The Hall–Kier alpha value is -4.44. The third-order valence-electron chi connectivity index (χ3n) is 5.88. The Morgan fingerprint density at radius 3 is 2.42 bits per heavy atom. The molecule has 6 aromatic rings. The molecule has 4 nitrogen and oxygen atoms in total. The standard InChI is InChI=1S/C29H20N4/c1-3-10-26-21(7-1)16-25(29-32-18-23-8-2-4-11-27(23)33-29)17-24(26)15-20-6-5-9-22(14-20)28-19-30-12-13-31-28/h1-14,16-19H,15H2. The van der Waals surface area contributed by atoms with Gasteiger partial charge in [-0.3, -0.25) is 9.97 Å². The molecule has 0 atom stereocenters. The Labute approximate surface area is 191 Å². The number of para-hydroxylation sites is 1. The van der Waals surface area contributed by atoms with E-state index in [0.29, 0.717) is 0 Å². The van der Waals surface area contributed by atoms with Crippen LogP contribution >= 0.6 is 0 Å². The van der Waals surface area contributed by atoms with Gasteiger partial charge in [-0.1, -0.05) is 60.7 Å².